The Morgan fingerprint density at radius 2 is 1.91 bits per heavy atom. The molecule has 1 unspecified atom stereocenters. The van der Waals surface area contributed by atoms with Gasteiger partial charge < -0.3 is 15.2 Å². The highest BCUT2D eigenvalue weighted by atomic mass is 16.6. The van der Waals surface area contributed by atoms with Gasteiger partial charge >= 0.3 is 5.97 Å². The van der Waals surface area contributed by atoms with E-state index in [0.29, 0.717) is 6.42 Å². The average Bonchev–Trinajstić information content (AvgIpc) is 2.44. The Morgan fingerprint density at radius 1 is 1.32 bits per heavy atom. The van der Waals surface area contributed by atoms with Crippen LogP contribution in [0.4, 0.5) is 5.69 Å². The number of rotatable bonds is 8. The van der Waals surface area contributed by atoms with Gasteiger partial charge in [-0.15, -0.1) is 0 Å². The summed E-state index contributed by atoms with van der Waals surface area (Å²) >= 11 is 0. The van der Waals surface area contributed by atoms with E-state index in [0.717, 1.165) is 0 Å². The number of hydrogen-bond acceptors (Lipinski definition) is 5. The van der Waals surface area contributed by atoms with E-state index in [1.807, 2.05) is 13.8 Å². The summed E-state index contributed by atoms with van der Waals surface area (Å²) in [6.07, 6.45) is 0.318. The fourth-order valence-corrected chi connectivity index (χ4v) is 1.74. The van der Waals surface area contributed by atoms with Crippen molar-refractivity contribution in [2.24, 2.45) is 5.92 Å². The number of carboxylic acids is 1. The van der Waals surface area contributed by atoms with Gasteiger partial charge in [0.1, 0.15) is 11.8 Å². The normalized spacial score (nSPS) is 11.8. The number of carbonyl (C=O) groups is 2. The Hall–Kier alpha value is -2.64. The highest BCUT2D eigenvalue weighted by molar-refractivity contribution is 5.84. The van der Waals surface area contributed by atoms with Crippen LogP contribution in [0.15, 0.2) is 24.3 Å². The number of nitrogens with one attached hydrogen (secondary N) is 1. The lowest BCUT2D eigenvalue weighted by Gasteiger charge is -2.16. The van der Waals surface area contributed by atoms with E-state index in [4.69, 9.17) is 9.84 Å². The number of carbonyl (C=O) groups excluding carboxylic acids is 1. The lowest BCUT2D eigenvalue weighted by Crippen LogP contribution is -2.43. The van der Waals surface area contributed by atoms with E-state index in [1.54, 1.807) is 0 Å². The van der Waals surface area contributed by atoms with Crippen molar-refractivity contribution in [3.63, 3.8) is 0 Å². The first-order valence-corrected chi connectivity index (χ1v) is 6.69. The fraction of sp³-hybridized carbons (Fsp3) is 0.429. The van der Waals surface area contributed by atoms with Gasteiger partial charge in [-0.3, -0.25) is 14.9 Å². The van der Waals surface area contributed by atoms with E-state index >= 15 is 0 Å². The number of non-ortho nitro benzene ring substituents is 1. The second-order valence-corrected chi connectivity index (χ2v) is 5.13. The molecule has 8 nitrogen and oxygen atoms in total. The molecule has 0 spiro atoms. The van der Waals surface area contributed by atoms with Gasteiger partial charge in [0, 0.05) is 12.1 Å². The molecule has 2 N–H and O–H groups in total. The van der Waals surface area contributed by atoms with Crippen LogP contribution < -0.4 is 10.1 Å². The van der Waals surface area contributed by atoms with Crippen molar-refractivity contribution >= 4 is 17.6 Å². The number of nitrogens with zero attached hydrogens (tertiary/aromatic N) is 1. The Balaban J connectivity index is 2.51. The summed E-state index contributed by atoms with van der Waals surface area (Å²) in [7, 11) is 0. The van der Waals surface area contributed by atoms with Gasteiger partial charge in [0.15, 0.2) is 6.61 Å². The third-order valence-electron chi connectivity index (χ3n) is 2.76. The van der Waals surface area contributed by atoms with Crippen LogP contribution in [0, 0.1) is 16.0 Å². The van der Waals surface area contributed by atoms with Crippen LogP contribution in [0.25, 0.3) is 0 Å². The smallest absolute Gasteiger partial charge is 0.326 e. The second kappa shape index (κ2) is 7.96. The molecule has 8 heteroatoms. The van der Waals surface area contributed by atoms with Crippen LogP contribution in [-0.4, -0.2) is 34.6 Å². The summed E-state index contributed by atoms with van der Waals surface area (Å²) in [5, 5.41) is 21.9. The van der Waals surface area contributed by atoms with Crippen molar-refractivity contribution in [1.29, 1.82) is 0 Å². The molecule has 22 heavy (non-hydrogen) atoms. The van der Waals surface area contributed by atoms with Gasteiger partial charge in [-0.25, -0.2) is 4.79 Å². The van der Waals surface area contributed by atoms with E-state index in [1.165, 1.54) is 24.3 Å². The maximum absolute atomic E-state index is 11.7. The van der Waals surface area contributed by atoms with Gasteiger partial charge in [0.25, 0.3) is 11.6 Å². The first kappa shape index (κ1) is 17.4. The SMILES string of the molecule is CC(C)CC(NC(=O)COc1ccc([N+](=O)[O-])cc1)C(=O)O. The number of carboxylic acid groups (broad SMARTS) is 1. The average molecular weight is 310 g/mol. The standard InChI is InChI=1S/C14H18N2O6/c1-9(2)7-12(14(18)19)15-13(17)8-22-11-5-3-10(4-6-11)16(20)21/h3-6,9,12H,7-8H2,1-2H3,(H,15,17)(H,18,19). The third kappa shape index (κ3) is 5.78. The highest BCUT2D eigenvalue weighted by Gasteiger charge is 2.21. The van der Waals surface area contributed by atoms with Crippen molar-refractivity contribution in [1.82, 2.24) is 5.32 Å². The maximum Gasteiger partial charge on any atom is 0.326 e. The Kier molecular flexibility index (Phi) is 6.30. The van der Waals surface area contributed by atoms with Gasteiger partial charge in [-0.2, -0.15) is 0 Å². The van der Waals surface area contributed by atoms with Crippen LogP contribution in [0.1, 0.15) is 20.3 Å². The molecule has 1 aromatic rings. The van der Waals surface area contributed by atoms with Crippen molar-refractivity contribution in [3.8, 4) is 5.75 Å². The number of aliphatic carboxylic acids is 1. The molecule has 0 aliphatic rings. The lowest BCUT2D eigenvalue weighted by atomic mass is 10.0. The molecular weight excluding hydrogens is 292 g/mol. The number of benzene rings is 1. The zero-order valence-corrected chi connectivity index (χ0v) is 12.3. The first-order chi connectivity index (χ1) is 10.3. The Labute approximate surface area is 127 Å². The van der Waals surface area contributed by atoms with E-state index < -0.39 is 22.8 Å². The van der Waals surface area contributed by atoms with Crippen molar-refractivity contribution < 1.29 is 24.4 Å². The van der Waals surface area contributed by atoms with Crippen LogP contribution >= 0.6 is 0 Å². The van der Waals surface area contributed by atoms with Gasteiger partial charge in [0.2, 0.25) is 0 Å². The minimum atomic E-state index is -1.10. The largest absolute Gasteiger partial charge is 0.484 e. The topological polar surface area (TPSA) is 119 Å². The van der Waals surface area contributed by atoms with Crippen LogP contribution in [-0.2, 0) is 9.59 Å². The maximum atomic E-state index is 11.7. The van der Waals surface area contributed by atoms with Crippen molar-refractivity contribution in [2.75, 3.05) is 6.61 Å². The van der Waals surface area contributed by atoms with E-state index in [9.17, 15) is 19.7 Å². The monoisotopic (exact) mass is 310 g/mol. The molecule has 120 valence electrons. The molecule has 1 amide bonds. The third-order valence-corrected chi connectivity index (χ3v) is 2.76. The molecule has 0 heterocycles. The number of nitro groups is 1. The minimum absolute atomic E-state index is 0.0836. The summed E-state index contributed by atoms with van der Waals surface area (Å²) in [5.74, 6) is -1.25. The molecule has 0 radical (unpaired) electrons. The highest BCUT2D eigenvalue weighted by Crippen LogP contribution is 2.17. The summed E-state index contributed by atoms with van der Waals surface area (Å²) < 4.78 is 5.16. The number of nitro benzene ring substituents is 1. The zero-order valence-electron chi connectivity index (χ0n) is 12.3. The Morgan fingerprint density at radius 3 is 2.36 bits per heavy atom. The molecule has 0 saturated heterocycles. The van der Waals surface area contributed by atoms with Gasteiger partial charge in [-0.05, 0) is 24.5 Å². The lowest BCUT2D eigenvalue weighted by molar-refractivity contribution is -0.384. The van der Waals surface area contributed by atoms with Crippen LogP contribution in [0.3, 0.4) is 0 Å². The molecule has 1 rings (SSSR count). The molecule has 0 bridgehead atoms. The van der Waals surface area contributed by atoms with E-state index in [2.05, 4.69) is 5.32 Å². The number of ether oxygens (including phenoxy) is 1. The van der Waals surface area contributed by atoms with Crippen LogP contribution in [0.2, 0.25) is 0 Å². The molecule has 0 aliphatic carbocycles. The molecule has 1 atom stereocenters. The van der Waals surface area contributed by atoms with Crippen molar-refractivity contribution in [2.45, 2.75) is 26.3 Å². The van der Waals surface area contributed by atoms with Gasteiger partial charge in [0.05, 0.1) is 4.92 Å². The first-order valence-electron chi connectivity index (χ1n) is 6.69. The predicted molar refractivity (Wildman–Crippen MR) is 77.6 cm³/mol. The number of amides is 1. The van der Waals surface area contributed by atoms with Crippen molar-refractivity contribution in [3.05, 3.63) is 34.4 Å². The number of hydrogen-bond donors (Lipinski definition) is 2. The molecule has 0 fully saturated rings. The van der Waals surface area contributed by atoms with Gasteiger partial charge in [-0.1, -0.05) is 13.8 Å². The predicted octanol–water partition coefficient (Wildman–Crippen LogP) is 1.59. The fourth-order valence-electron chi connectivity index (χ4n) is 1.74. The summed E-state index contributed by atoms with van der Waals surface area (Å²) in [6.45, 7) is 3.35. The second-order valence-electron chi connectivity index (χ2n) is 5.13. The molecule has 1 aromatic carbocycles. The van der Waals surface area contributed by atoms with Crippen LogP contribution in [0.5, 0.6) is 5.75 Å². The Bertz CT molecular complexity index is 541. The van der Waals surface area contributed by atoms with E-state index in [-0.39, 0.29) is 24.0 Å². The summed E-state index contributed by atoms with van der Waals surface area (Å²) in [5.41, 5.74) is -0.0836. The molecular formula is C14H18N2O6. The molecule has 0 aliphatic heterocycles. The minimum Gasteiger partial charge on any atom is -0.484 e. The summed E-state index contributed by atoms with van der Waals surface area (Å²) in [6, 6.07) is 4.29. The summed E-state index contributed by atoms with van der Waals surface area (Å²) in [4.78, 5) is 32.7. The molecule has 0 saturated carbocycles. The quantitative estimate of drug-likeness (QED) is 0.556. The molecule has 0 aromatic heterocycles. The zero-order chi connectivity index (χ0) is 16.7.